The van der Waals surface area contributed by atoms with Gasteiger partial charge in [-0.15, -0.1) is 0 Å². The van der Waals surface area contributed by atoms with E-state index in [1.807, 2.05) is 0 Å². The zero-order valence-corrected chi connectivity index (χ0v) is 11.7. The maximum Gasteiger partial charge on any atom is 0.434 e. The first kappa shape index (κ1) is 19.1. The van der Waals surface area contributed by atoms with Crippen molar-refractivity contribution in [1.29, 1.82) is 0 Å². The summed E-state index contributed by atoms with van der Waals surface area (Å²) in [7, 11) is 0. The Morgan fingerprint density at radius 1 is 1.05 bits per heavy atom. The number of halogens is 6. The summed E-state index contributed by atoms with van der Waals surface area (Å²) in [6, 6.07) is 0. The largest absolute Gasteiger partial charge is 0.442 e. The van der Waals surface area contributed by atoms with Crippen LogP contribution >= 0.6 is 0 Å². The molecule has 120 valence electrons. The van der Waals surface area contributed by atoms with E-state index in [4.69, 9.17) is 0 Å². The Hall–Kier alpha value is -0.950. The minimum absolute atomic E-state index is 0.0206. The fourth-order valence-electron chi connectivity index (χ4n) is 1.68. The maximum absolute atomic E-state index is 12.3. The lowest BCUT2D eigenvalue weighted by Gasteiger charge is -2.29. The highest BCUT2D eigenvalue weighted by molar-refractivity contribution is 5.76. The normalized spacial score (nSPS) is 15.3. The quantitative estimate of drug-likeness (QED) is 0.553. The molecule has 1 unspecified atom stereocenters. The summed E-state index contributed by atoms with van der Waals surface area (Å²) >= 11 is 0. The van der Waals surface area contributed by atoms with E-state index in [-0.39, 0.29) is 12.3 Å². The number of carbonyl (C=O) groups is 1. The minimum Gasteiger partial charge on any atom is -0.442 e. The van der Waals surface area contributed by atoms with Crippen molar-refractivity contribution in [2.75, 3.05) is 0 Å². The molecule has 1 atom stereocenters. The summed E-state index contributed by atoms with van der Waals surface area (Å²) in [4.78, 5) is 11.6. The number of ether oxygens (including phenoxy) is 1. The number of hydrogen-bond acceptors (Lipinski definition) is 2. The Balaban J connectivity index is 5.03. The smallest absolute Gasteiger partial charge is 0.434 e. The van der Waals surface area contributed by atoms with Crippen molar-refractivity contribution in [2.24, 2.45) is 11.3 Å². The van der Waals surface area contributed by atoms with Gasteiger partial charge >= 0.3 is 18.3 Å². The molecule has 2 nitrogen and oxygen atoms in total. The number of esters is 1. The molecule has 0 saturated carbocycles. The van der Waals surface area contributed by atoms with Crippen LogP contribution in [0.2, 0.25) is 0 Å². The van der Waals surface area contributed by atoms with Gasteiger partial charge in [0.25, 0.3) is 6.10 Å². The monoisotopic (exact) mass is 308 g/mol. The first-order valence-electron chi connectivity index (χ1n) is 6.06. The van der Waals surface area contributed by atoms with Crippen molar-refractivity contribution in [3.8, 4) is 0 Å². The van der Waals surface area contributed by atoms with E-state index in [1.54, 1.807) is 13.8 Å². The van der Waals surface area contributed by atoms with Gasteiger partial charge in [0.05, 0.1) is 5.41 Å². The van der Waals surface area contributed by atoms with E-state index in [9.17, 15) is 31.1 Å². The van der Waals surface area contributed by atoms with Crippen molar-refractivity contribution in [2.45, 2.75) is 59.0 Å². The molecular weight excluding hydrogens is 290 g/mol. The molecule has 0 aromatic carbocycles. The van der Waals surface area contributed by atoms with Crippen molar-refractivity contribution in [1.82, 2.24) is 0 Å². The van der Waals surface area contributed by atoms with Gasteiger partial charge in [-0.1, -0.05) is 20.3 Å². The standard InChI is InChI=1S/C12H18F6O2/c1-5-7(2)6-10(3,4)9(19)20-8(11(13,14)15)12(16,17)18/h7-8H,5-6H2,1-4H3. The highest BCUT2D eigenvalue weighted by Gasteiger charge is 2.60. The van der Waals surface area contributed by atoms with E-state index in [0.29, 0.717) is 6.42 Å². The van der Waals surface area contributed by atoms with Crippen LogP contribution in [0.25, 0.3) is 0 Å². The zero-order chi connectivity index (χ0) is 16.4. The van der Waals surface area contributed by atoms with E-state index in [2.05, 4.69) is 4.74 Å². The molecule has 8 heteroatoms. The molecule has 0 N–H and O–H groups in total. The Morgan fingerprint density at radius 3 is 1.75 bits per heavy atom. The molecule has 20 heavy (non-hydrogen) atoms. The van der Waals surface area contributed by atoms with Crippen LogP contribution in [0.3, 0.4) is 0 Å². The van der Waals surface area contributed by atoms with Crippen molar-refractivity contribution >= 4 is 5.97 Å². The first-order chi connectivity index (χ1) is 8.71. The molecule has 0 bridgehead atoms. The van der Waals surface area contributed by atoms with Gasteiger partial charge in [0.15, 0.2) is 0 Å². The highest BCUT2D eigenvalue weighted by Crippen LogP contribution is 2.38. The highest BCUT2D eigenvalue weighted by atomic mass is 19.4. The van der Waals surface area contributed by atoms with Gasteiger partial charge in [0.1, 0.15) is 0 Å². The summed E-state index contributed by atoms with van der Waals surface area (Å²) in [6.45, 7) is 6.09. The van der Waals surface area contributed by atoms with Gasteiger partial charge in [0.2, 0.25) is 0 Å². The molecule has 0 aliphatic carbocycles. The molecule has 0 fully saturated rings. The van der Waals surface area contributed by atoms with Gasteiger partial charge in [-0.2, -0.15) is 26.3 Å². The van der Waals surface area contributed by atoms with Crippen LogP contribution < -0.4 is 0 Å². The van der Waals surface area contributed by atoms with Crippen LogP contribution in [0.5, 0.6) is 0 Å². The van der Waals surface area contributed by atoms with Crippen LogP contribution in [0, 0.1) is 11.3 Å². The average Bonchev–Trinajstić information content (AvgIpc) is 2.21. The summed E-state index contributed by atoms with van der Waals surface area (Å²) in [5, 5.41) is 0. The predicted octanol–water partition coefficient (Wildman–Crippen LogP) is 4.49. The van der Waals surface area contributed by atoms with Gasteiger partial charge < -0.3 is 4.74 Å². The van der Waals surface area contributed by atoms with E-state index >= 15 is 0 Å². The SMILES string of the molecule is CCC(C)CC(C)(C)C(=O)OC(C(F)(F)F)C(F)(F)F. The summed E-state index contributed by atoms with van der Waals surface area (Å²) in [5.41, 5.74) is -1.41. The van der Waals surface area contributed by atoms with Crippen molar-refractivity contribution < 1.29 is 35.9 Å². The molecule has 0 spiro atoms. The fourth-order valence-corrected chi connectivity index (χ4v) is 1.68. The van der Waals surface area contributed by atoms with Gasteiger partial charge in [0, 0.05) is 0 Å². The lowest BCUT2D eigenvalue weighted by molar-refractivity contribution is -0.315. The lowest BCUT2D eigenvalue weighted by Crippen LogP contribution is -2.47. The molecule has 0 rings (SSSR count). The average molecular weight is 308 g/mol. The summed E-state index contributed by atoms with van der Waals surface area (Å²) in [5.74, 6) is -1.52. The molecule has 0 aromatic heterocycles. The third kappa shape index (κ3) is 5.58. The van der Waals surface area contributed by atoms with Gasteiger partial charge in [-0.3, -0.25) is 4.79 Å². The molecule has 0 amide bonds. The summed E-state index contributed by atoms with van der Waals surface area (Å²) < 4.78 is 77.5. The maximum atomic E-state index is 12.3. The first-order valence-corrected chi connectivity index (χ1v) is 6.06. The number of carbonyl (C=O) groups excluding carboxylic acids is 1. The third-order valence-electron chi connectivity index (χ3n) is 2.93. The van der Waals surface area contributed by atoms with E-state index in [0.717, 1.165) is 0 Å². The molecule has 0 radical (unpaired) electrons. The Morgan fingerprint density at radius 2 is 1.45 bits per heavy atom. The van der Waals surface area contributed by atoms with Gasteiger partial charge in [-0.25, -0.2) is 0 Å². The second-order valence-electron chi connectivity index (χ2n) is 5.47. The van der Waals surface area contributed by atoms with Crippen LogP contribution in [0.4, 0.5) is 26.3 Å². The summed E-state index contributed by atoms with van der Waals surface area (Å²) in [6.07, 6.45) is -14.6. The van der Waals surface area contributed by atoms with Crippen LogP contribution in [-0.4, -0.2) is 24.4 Å². The van der Waals surface area contributed by atoms with Crippen LogP contribution in [0.1, 0.15) is 40.5 Å². The predicted molar refractivity (Wildman–Crippen MR) is 59.8 cm³/mol. The molecule has 0 aliphatic heterocycles. The number of rotatable bonds is 5. The van der Waals surface area contributed by atoms with Crippen LogP contribution in [-0.2, 0) is 9.53 Å². The van der Waals surface area contributed by atoms with Crippen LogP contribution in [0.15, 0.2) is 0 Å². The van der Waals surface area contributed by atoms with E-state index < -0.39 is 29.8 Å². The third-order valence-corrected chi connectivity index (χ3v) is 2.93. The topological polar surface area (TPSA) is 26.3 Å². The number of hydrogen-bond donors (Lipinski definition) is 0. The molecule has 0 aromatic rings. The zero-order valence-electron chi connectivity index (χ0n) is 11.7. The Kier molecular flexibility index (Phi) is 5.92. The van der Waals surface area contributed by atoms with E-state index in [1.165, 1.54) is 13.8 Å². The Bertz CT molecular complexity index is 318. The second-order valence-corrected chi connectivity index (χ2v) is 5.47. The lowest BCUT2D eigenvalue weighted by atomic mass is 9.82. The van der Waals surface area contributed by atoms with Crippen molar-refractivity contribution in [3.63, 3.8) is 0 Å². The molecule has 0 heterocycles. The molecule has 0 saturated heterocycles. The number of alkyl halides is 6. The van der Waals surface area contributed by atoms with Gasteiger partial charge in [-0.05, 0) is 26.2 Å². The molecular formula is C12H18F6O2. The second kappa shape index (κ2) is 6.22. The minimum atomic E-state index is -5.68. The van der Waals surface area contributed by atoms with Crippen molar-refractivity contribution in [3.05, 3.63) is 0 Å². The molecule has 0 aliphatic rings. The fraction of sp³-hybridized carbons (Fsp3) is 0.917. The Labute approximate surface area is 113 Å².